The van der Waals surface area contributed by atoms with Crippen molar-refractivity contribution >= 4 is 16.3 Å². The van der Waals surface area contributed by atoms with Gasteiger partial charge in [0, 0.05) is 19.5 Å². The van der Waals surface area contributed by atoms with Crippen molar-refractivity contribution in [3.8, 4) is 5.75 Å². The molecule has 1 aliphatic heterocycles. The topological polar surface area (TPSA) is 63.7 Å². The molecule has 0 amide bonds. The minimum atomic E-state index is -3.41. The Morgan fingerprint density at radius 1 is 1.24 bits per heavy atom. The first-order valence-electron chi connectivity index (χ1n) is 7.20. The van der Waals surface area contributed by atoms with Crippen LogP contribution in [0.25, 0.3) is 0 Å². The minimum Gasteiger partial charge on any atom is -0.493 e. The molecule has 21 heavy (non-hydrogen) atoms. The molecule has 1 aromatic carbocycles. The predicted octanol–water partition coefficient (Wildman–Crippen LogP) is 2.08. The highest BCUT2D eigenvalue weighted by molar-refractivity contribution is 7.89. The van der Waals surface area contributed by atoms with Crippen LogP contribution in [0.1, 0.15) is 26.2 Å². The van der Waals surface area contributed by atoms with Crippen molar-refractivity contribution < 1.29 is 17.9 Å². The van der Waals surface area contributed by atoms with Crippen molar-refractivity contribution in [1.29, 1.82) is 0 Å². The SMILES string of the molecule is CC1CCN(S(=O)(=O)c2ccc(OCCC=O)cc2)CC1. The van der Waals surface area contributed by atoms with E-state index in [2.05, 4.69) is 6.92 Å². The lowest BCUT2D eigenvalue weighted by Crippen LogP contribution is -2.37. The standard InChI is InChI=1S/C15H21NO4S/c1-13-7-9-16(10-8-13)21(18,19)15-5-3-14(4-6-15)20-12-2-11-17/h3-6,11,13H,2,7-10,12H2,1H3. The Kier molecular flexibility index (Phi) is 5.36. The number of piperidine rings is 1. The first kappa shape index (κ1) is 16.0. The second kappa shape index (κ2) is 7.04. The molecule has 1 saturated heterocycles. The van der Waals surface area contributed by atoms with Crippen molar-refractivity contribution in [3.05, 3.63) is 24.3 Å². The third kappa shape index (κ3) is 4.04. The van der Waals surface area contributed by atoms with E-state index in [0.29, 0.717) is 42.7 Å². The summed E-state index contributed by atoms with van der Waals surface area (Å²) in [6.07, 6.45) is 2.93. The molecule has 1 heterocycles. The number of nitrogens with zero attached hydrogens (tertiary/aromatic N) is 1. The summed E-state index contributed by atoms with van der Waals surface area (Å²) in [6, 6.07) is 6.38. The number of benzene rings is 1. The minimum absolute atomic E-state index is 0.291. The summed E-state index contributed by atoms with van der Waals surface area (Å²) in [5.74, 6) is 1.16. The van der Waals surface area contributed by atoms with Gasteiger partial charge in [-0.25, -0.2) is 8.42 Å². The maximum Gasteiger partial charge on any atom is 0.243 e. The van der Waals surface area contributed by atoms with Crippen LogP contribution in [0.4, 0.5) is 0 Å². The molecule has 1 aromatic rings. The molecule has 1 aliphatic rings. The van der Waals surface area contributed by atoms with Gasteiger partial charge in [-0.2, -0.15) is 4.31 Å². The third-order valence-corrected chi connectivity index (χ3v) is 5.62. The average molecular weight is 311 g/mol. The van der Waals surface area contributed by atoms with Crippen molar-refractivity contribution in [2.75, 3.05) is 19.7 Å². The van der Waals surface area contributed by atoms with E-state index in [1.807, 2.05) is 0 Å². The lowest BCUT2D eigenvalue weighted by molar-refractivity contribution is -0.108. The molecule has 5 nitrogen and oxygen atoms in total. The highest BCUT2D eigenvalue weighted by Gasteiger charge is 2.27. The van der Waals surface area contributed by atoms with Gasteiger partial charge in [0.2, 0.25) is 10.0 Å². The normalized spacial score (nSPS) is 17.6. The number of sulfonamides is 1. The van der Waals surface area contributed by atoms with Crippen molar-refractivity contribution in [2.24, 2.45) is 5.92 Å². The molecule has 0 spiro atoms. The first-order chi connectivity index (χ1) is 10.0. The molecule has 0 unspecified atom stereocenters. The summed E-state index contributed by atoms with van der Waals surface area (Å²) < 4.78 is 31.9. The molecule has 0 radical (unpaired) electrons. The molecule has 0 bridgehead atoms. The van der Waals surface area contributed by atoms with Crippen LogP contribution in [0.2, 0.25) is 0 Å². The van der Waals surface area contributed by atoms with Gasteiger partial charge >= 0.3 is 0 Å². The number of ether oxygens (including phenoxy) is 1. The van der Waals surface area contributed by atoms with Gasteiger partial charge in [-0.05, 0) is 43.0 Å². The van der Waals surface area contributed by atoms with E-state index < -0.39 is 10.0 Å². The fourth-order valence-electron chi connectivity index (χ4n) is 2.31. The maximum absolute atomic E-state index is 12.5. The first-order valence-corrected chi connectivity index (χ1v) is 8.64. The molecule has 6 heteroatoms. The van der Waals surface area contributed by atoms with Gasteiger partial charge in [-0.15, -0.1) is 0 Å². The van der Waals surface area contributed by atoms with E-state index in [1.165, 1.54) is 0 Å². The zero-order valence-corrected chi connectivity index (χ0v) is 13.0. The Labute approximate surface area is 126 Å². The zero-order chi connectivity index (χ0) is 15.3. The smallest absolute Gasteiger partial charge is 0.243 e. The fraction of sp³-hybridized carbons (Fsp3) is 0.533. The molecule has 0 aromatic heterocycles. The number of carbonyl (C=O) groups excluding carboxylic acids is 1. The highest BCUT2D eigenvalue weighted by atomic mass is 32.2. The van der Waals surface area contributed by atoms with E-state index in [-0.39, 0.29) is 0 Å². The van der Waals surface area contributed by atoms with Gasteiger partial charge < -0.3 is 9.53 Å². The predicted molar refractivity (Wildman–Crippen MR) is 79.8 cm³/mol. The highest BCUT2D eigenvalue weighted by Crippen LogP contribution is 2.24. The van der Waals surface area contributed by atoms with E-state index in [1.54, 1.807) is 28.6 Å². The number of rotatable bonds is 6. The molecule has 2 rings (SSSR count). The quantitative estimate of drug-likeness (QED) is 0.596. The van der Waals surface area contributed by atoms with Gasteiger partial charge in [0.05, 0.1) is 11.5 Å². The van der Waals surface area contributed by atoms with Crippen LogP contribution in [-0.4, -0.2) is 38.7 Å². The van der Waals surface area contributed by atoms with Gasteiger partial charge in [0.25, 0.3) is 0 Å². The molecule has 0 aliphatic carbocycles. The zero-order valence-electron chi connectivity index (χ0n) is 12.2. The van der Waals surface area contributed by atoms with Crippen LogP contribution in [0.3, 0.4) is 0 Å². The number of aldehydes is 1. The summed E-state index contributed by atoms with van der Waals surface area (Å²) in [5.41, 5.74) is 0. The van der Waals surface area contributed by atoms with Crippen LogP contribution in [0.15, 0.2) is 29.2 Å². The summed E-state index contributed by atoms with van der Waals surface area (Å²) in [5, 5.41) is 0. The molecule has 0 N–H and O–H groups in total. The summed E-state index contributed by atoms with van der Waals surface area (Å²) in [7, 11) is -3.41. The maximum atomic E-state index is 12.5. The van der Waals surface area contributed by atoms with E-state index >= 15 is 0 Å². The molecular weight excluding hydrogens is 290 g/mol. The molecule has 0 saturated carbocycles. The Bertz CT molecular complexity index is 560. The van der Waals surface area contributed by atoms with E-state index in [0.717, 1.165) is 19.1 Å². The average Bonchev–Trinajstić information content (AvgIpc) is 2.48. The molecule has 0 atom stereocenters. The van der Waals surface area contributed by atoms with Gasteiger partial charge in [-0.3, -0.25) is 0 Å². The second-order valence-corrected chi connectivity index (χ2v) is 7.30. The van der Waals surface area contributed by atoms with Gasteiger partial charge in [0.15, 0.2) is 0 Å². The number of carbonyl (C=O) groups is 1. The fourth-order valence-corrected chi connectivity index (χ4v) is 3.78. The van der Waals surface area contributed by atoms with Crippen LogP contribution < -0.4 is 4.74 Å². The Hall–Kier alpha value is -1.40. The van der Waals surface area contributed by atoms with Crippen LogP contribution in [0, 0.1) is 5.92 Å². The summed E-state index contributed by atoms with van der Waals surface area (Å²) in [4.78, 5) is 10.5. The van der Waals surface area contributed by atoms with Crippen molar-refractivity contribution in [2.45, 2.75) is 31.1 Å². The lowest BCUT2D eigenvalue weighted by Gasteiger charge is -2.29. The lowest BCUT2D eigenvalue weighted by atomic mass is 10.0. The largest absolute Gasteiger partial charge is 0.493 e. The Balaban J connectivity index is 2.04. The van der Waals surface area contributed by atoms with E-state index in [9.17, 15) is 13.2 Å². The second-order valence-electron chi connectivity index (χ2n) is 5.36. The van der Waals surface area contributed by atoms with Crippen molar-refractivity contribution in [3.63, 3.8) is 0 Å². The van der Waals surface area contributed by atoms with Gasteiger partial charge in [0.1, 0.15) is 12.0 Å². The summed E-state index contributed by atoms with van der Waals surface area (Å²) >= 11 is 0. The Morgan fingerprint density at radius 3 is 2.43 bits per heavy atom. The third-order valence-electron chi connectivity index (χ3n) is 3.71. The van der Waals surface area contributed by atoms with E-state index in [4.69, 9.17) is 4.74 Å². The number of hydrogen-bond acceptors (Lipinski definition) is 4. The molecular formula is C15H21NO4S. The number of hydrogen-bond donors (Lipinski definition) is 0. The monoisotopic (exact) mass is 311 g/mol. The van der Waals surface area contributed by atoms with Gasteiger partial charge in [-0.1, -0.05) is 6.92 Å². The summed E-state index contributed by atoms with van der Waals surface area (Å²) in [6.45, 7) is 3.62. The molecule has 116 valence electrons. The van der Waals surface area contributed by atoms with Crippen molar-refractivity contribution in [1.82, 2.24) is 4.31 Å². The Morgan fingerprint density at radius 2 is 1.86 bits per heavy atom. The van der Waals surface area contributed by atoms with Crippen LogP contribution in [-0.2, 0) is 14.8 Å². The molecule has 1 fully saturated rings. The van der Waals surface area contributed by atoms with Crippen LogP contribution >= 0.6 is 0 Å². The van der Waals surface area contributed by atoms with Crippen LogP contribution in [0.5, 0.6) is 5.75 Å².